The summed E-state index contributed by atoms with van der Waals surface area (Å²) in [4.78, 5) is 103. The summed E-state index contributed by atoms with van der Waals surface area (Å²) < 4.78 is 23.5. The lowest BCUT2D eigenvalue weighted by Crippen LogP contribution is -2.52. The van der Waals surface area contributed by atoms with E-state index in [2.05, 4.69) is 0 Å². The lowest BCUT2D eigenvalue weighted by atomic mass is 9.52. The molecule has 20 rings (SSSR count). The first kappa shape index (κ1) is 84.5. The first-order valence-electron chi connectivity index (χ1n) is 42.7. The normalized spacial score (nSPS) is 22.1. The first-order valence-corrected chi connectivity index (χ1v) is 42.7. The predicted octanol–water partition coefficient (Wildman–Crippen LogP) is 22.6. The summed E-state index contributed by atoms with van der Waals surface area (Å²) in [6.45, 7) is 0. The van der Waals surface area contributed by atoms with Crippen LogP contribution >= 0.6 is 0 Å². The van der Waals surface area contributed by atoms with Gasteiger partial charge in [0, 0.05) is 58.1 Å². The Morgan fingerprint density at radius 2 is 0.359 bits per heavy atom. The number of rotatable bonds is 20. The van der Waals surface area contributed by atoms with Crippen molar-refractivity contribution in [2.24, 2.45) is 47.3 Å². The van der Waals surface area contributed by atoms with Gasteiger partial charge in [-0.1, -0.05) is 376 Å². The molecule has 4 aliphatic carbocycles. The fourth-order valence-electron chi connectivity index (χ4n) is 19.9. The van der Waals surface area contributed by atoms with Crippen LogP contribution in [-0.2, 0) is 38.4 Å². The molecule has 0 bridgehead atoms. The zero-order valence-corrected chi connectivity index (χ0v) is 69.2. The minimum Gasteiger partial charge on any atom is -0.481 e. The van der Waals surface area contributed by atoms with E-state index in [1.54, 1.807) is 24.3 Å². The van der Waals surface area contributed by atoms with Gasteiger partial charge < -0.3 is 39.4 Å². The number of esters is 4. The van der Waals surface area contributed by atoms with E-state index in [0.29, 0.717) is 23.0 Å². The monoisotopic (exact) mass is 1690 g/mol. The van der Waals surface area contributed by atoms with Crippen molar-refractivity contribution < 1.29 is 77.7 Å². The smallest absolute Gasteiger partial charge is 0.315 e. The Labute approximate surface area is 738 Å². The highest BCUT2D eigenvalue weighted by Gasteiger charge is 2.63. The molecule has 4 aliphatic rings. The SMILES string of the molecule is O=C(O)C1[C@@H](c2ccccc2)C(C(=O)Oc2ccc3ccccc3c2)[C@@H]1c1ccccc1.O=C(O)C1[C@@H](c2ccccc2)C(C(=O)Oc2cccc3ccccc23)[C@@H]1c1ccccc1.O=C(O)C1[C@H](c2ccccc2)C(C(=O)Oc2ccc3ccccc3c2)[C@H]1c1ccccc1.O=C(O)C1[C@H](c2ccccc2)C(C(=O)Oc2cccc3ccccc23)[C@H]1c1ccccc1. The number of carboxylic acid groups (broad SMARTS) is 4. The van der Waals surface area contributed by atoms with E-state index in [1.807, 2.05) is 388 Å². The van der Waals surface area contributed by atoms with Gasteiger partial charge in [0.2, 0.25) is 0 Å². The van der Waals surface area contributed by atoms with Gasteiger partial charge in [-0.3, -0.25) is 38.4 Å². The van der Waals surface area contributed by atoms with Crippen LogP contribution in [0.5, 0.6) is 23.0 Å². The van der Waals surface area contributed by atoms with Crippen molar-refractivity contribution in [1.82, 2.24) is 0 Å². The molecule has 128 heavy (non-hydrogen) atoms. The van der Waals surface area contributed by atoms with E-state index >= 15 is 0 Å². The zero-order chi connectivity index (χ0) is 88.3. The molecule has 0 unspecified atom stereocenters. The van der Waals surface area contributed by atoms with Gasteiger partial charge in [0.15, 0.2) is 0 Å². The van der Waals surface area contributed by atoms with Crippen molar-refractivity contribution in [3.63, 3.8) is 0 Å². The van der Waals surface area contributed by atoms with Gasteiger partial charge in [0.25, 0.3) is 0 Å². The third kappa shape index (κ3) is 17.5. The second-order valence-corrected chi connectivity index (χ2v) is 32.7. The van der Waals surface area contributed by atoms with Gasteiger partial charge in [-0.2, -0.15) is 0 Å². The van der Waals surface area contributed by atoms with E-state index in [-0.39, 0.29) is 0 Å². The topological polar surface area (TPSA) is 254 Å². The van der Waals surface area contributed by atoms with Crippen LogP contribution in [0.3, 0.4) is 0 Å². The second-order valence-electron chi connectivity index (χ2n) is 32.7. The minimum absolute atomic E-state index is 0.401. The van der Waals surface area contributed by atoms with Gasteiger partial charge in [-0.15, -0.1) is 0 Å². The quantitative estimate of drug-likeness (QED) is 0.0409. The van der Waals surface area contributed by atoms with Crippen molar-refractivity contribution >= 4 is 90.8 Å². The number of fused-ring (bicyclic) bond motifs is 4. The van der Waals surface area contributed by atoms with Crippen LogP contribution in [0.4, 0.5) is 0 Å². The maximum Gasteiger partial charge on any atom is 0.315 e. The van der Waals surface area contributed by atoms with Gasteiger partial charge in [-0.05, 0) is 113 Å². The van der Waals surface area contributed by atoms with E-state index < -0.39 is 142 Å². The average Bonchev–Trinajstić information content (AvgIpc) is 0.737. The predicted molar refractivity (Wildman–Crippen MR) is 490 cm³/mol. The van der Waals surface area contributed by atoms with Gasteiger partial charge >= 0.3 is 47.8 Å². The summed E-state index contributed by atoms with van der Waals surface area (Å²) in [6.07, 6.45) is 0. The summed E-state index contributed by atoms with van der Waals surface area (Å²) in [5.74, 6) is -12.1. The molecular weight excluding hydrogens is 1600 g/mol. The van der Waals surface area contributed by atoms with Crippen molar-refractivity contribution in [3.8, 4) is 23.0 Å². The molecule has 0 radical (unpaired) electrons. The van der Waals surface area contributed by atoms with Gasteiger partial charge in [0.05, 0.1) is 47.3 Å². The standard InChI is InChI=1S/4C28H22O4/c2*29-27(30)25-23(19-11-3-1-4-12-19)26(24(25)20-13-5-2-6-14-20)28(31)32-22-17-9-15-18-10-7-8-16-21(18)22;2*29-27(30)25-23(19-10-3-1-4-11-19)26(24(25)20-12-5-2-6-13-20)28(31)32-22-16-15-18-9-7-8-14-21(18)17-22/h4*1-17,23-26H,(H,29,30)/t4*23-,24-,25?,26?/m1010/s1. The van der Waals surface area contributed by atoms with Crippen molar-refractivity contribution in [3.05, 3.63) is 457 Å². The largest absolute Gasteiger partial charge is 0.481 e. The summed E-state index contributed by atoms with van der Waals surface area (Å²) in [6, 6.07) is 129. The zero-order valence-electron chi connectivity index (χ0n) is 69.2. The Kier molecular flexibility index (Phi) is 25.2. The molecular formula is C112H88O16. The molecule has 8 atom stereocenters. The number of carbonyl (C=O) groups is 8. The van der Waals surface area contributed by atoms with E-state index in [4.69, 9.17) is 18.9 Å². The number of hydrogen-bond donors (Lipinski definition) is 4. The van der Waals surface area contributed by atoms with Crippen LogP contribution < -0.4 is 18.9 Å². The number of carboxylic acids is 4. The summed E-state index contributed by atoms with van der Waals surface area (Å²) in [5, 5.41) is 48.0. The number of aliphatic carboxylic acids is 4. The highest BCUT2D eigenvalue weighted by molar-refractivity contribution is 5.95. The first-order chi connectivity index (χ1) is 62.6. The molecule has 16 heteroatoms. The molecule has 0 saturated heterocycles. The summed E-state index contributed by atoms with van der Waals surface area (Å²) in [7, 11) is 0. The molecule has 16 aromatic rings. The lowest BCUT2D eigenvalue weighted by molar-refractivity contribution is -0.160. The average molecular weight is 1690 g/mol. The van der Waals surface area contributed by atoms with Crippen LogP contribution in [0.1, 0.15) is 91.9 Å². The molecule has 632 valence electrons. The molecule has 0 aliphatic heterocycles. The molecule has 0 amide bonds. The number of carbonyl (C=O) groups excluding carboxylic acids is 4. The van der Waals surface area contributed by atoms with Gasteiger partial charge in [-0.25, -0.2) is 0 Å². The Morgan fingerprint density at radius 3 is 0.586 bits per heavy atom. The maximum atomic E-state index is 13.6. The molecule has 16 nitrogen and oxygen atoms in total. The van der Waals surface area contributed by atoms with E-state index in [9.17, 15) is 58.8 Å². The Hall–Kier alpha value is -15.7. The van der Waals surface area contributed by atoms with E-state index in [1.165, 1.54) is 0 Å². The molecule has 4 fully saturated rings. The van der Waals surface area contributed by atoms with Crippen LogP contribution in [0, 0.1) is 47.3 Å². The molecule has 0 aromatic heterocycles. The Morgan fingerprint density at radius 1 is 0.172 bits per heavy atom. The highest BCUT2D eigenvalue weighted by Crippen LogP contribution is 2.62. The van der Waals surface area contributed by atoms with Crippen molar-refractivity contribution in [1.29, 1.82) is 0 Å². The van der Waals surface area contributed by atoms with Crippen molar-refractivity contribution in [2.45, 2.75) is 47.3 Å². The maximum absolute atomic E-state index is 13.6. The van der Waals surface area contributed by atoms with Crippen LogP contribution in [0.25, 0.3) is 43.1 Å². The molecule has 4 N–H and O–H groups in total. The minimum atomic E-state index is -0.901. The summed E-state index contributed by atoms with van der Waals surface area (Å²) in [5.41, 5.74) is 6.72. The lowest BCUT2D eigenvalue weighted by Gasteiger charge is -2.49. The van der Waals surface area contributed by atoms with E-state index in [0.717, 1.165) is 87.6 Å². The highest BCUT2D eigenvalue weighted by atomic mass is 16.5. The molecule has 4 saturated carbocycles. The molecule has 0 heterocycles. The van der Waals surface area contributed by atoms with Crippen molar-refractivity contribution in [2.75, 3.05) is 0 Å². The number of hydrogen-bond acceptors (Lipinski definition) is 12. The molecule has 16 aromatic carbocycles. The second kappa shape index (κ2) is 38.2. The fourth-order valence-corrected chi connectivity index (χ4v) is 19.9. The van der Waals surface area contributed by atoms with Crippen LogP contribution in [0.2, 0.25) is 0 Å². The Bertz CT molecular complexity index is 6070. The fraction of sp³-hybridized carbons (Fsp3) is 0.143. The van der Waals surface area contributed by atoms with Crippen LogP contribution in [-0.4, -0.2) is 68.2 Å². The third-order valence-corrected chi connectivity index (χ3v) is 25.7. The number of ether oxygens (including phenoxy) is 4. The Balaban J connectivity index is 0.000000120. The molecule has 0 spiro atoms. The van der Waals surface area contributed by atoms with Crippen LogP contribution in [0.15, 0.2) is 413 Å². The van der Waals surface area contributed by atoms with Gasteiger partial charge in [0.1, 0.15) is 23.0 Å². The summed E-state index contributed by atoms with van der Waals surface area (Å²) >= 11 is 0. The third-order valence-electron chi connectivity index (χ3n) is 25.7. The number of benzene rings is 16.